The van der Waals surface area contributed by atoms with E-state index >= 15 is 0 Å². The molecule has 0 saturated carbocycles. The Balaban J connectivity index is 1.53. The number of carbonyl (C=O) groups excluding carboxylic acids is 2. The molecule has 2 heterocycles. The Kier molecular flexibility index (Phi) is 4.95. The van der Waals surface area contributed by atoms with Crippen LogP contribution >= 0.6 is 22.7 Å². The van der Waals surface area contributed by atoms with E-state index in [4.69, 9.17) is 0 Å². The topological polar surface area (TPSA) is 59.1 Å². The molecule has 23 heavy (non-hydrogen) atoms. The highest BCUT2D eigenvalue weighted by Gasteiger charge is 2.10. The molecule has 3 rings (SSSR count). The molecule has 0 fully saturated rings. The molecule has 116 valence electrons. The molecule has 2 aromatic heterocycles. The maximum Gasteiger partial charge on any atom is 0.224 e. The summed E-state index contributed by atoms with van der Waals surface area (Å²) in [5, 5.41) is 7.54. The highest BCUT2D eigenvalue weighted by Crippen LogP contribution is 2.23. The van der Waals surface area contributed by atoms with Gasteiger partial charge in [0.05, 0.1) is 4.88 Å². The Hall–Kier alpha value is -2.31. The highest BCUT2D eigenvalue weighted by molar-refractivity contribution is 7.13. The minimum absolute atomic E-state index is 0.00858. The second kappa shape index (κ2) is 7.30. The van der Waals surface area contributed by atoms with Crippen LogP contribution in [0.3, 0.4) is 0 Å². The minimum atomic E-state index is -0.156. The third-order valence-electron chi connectivity index (χ3n) is 3.22. The quantitative estimate of drug-likeness (QED) is 0.672. The van der Waals surface area contributed by atoms with Gasteiger partial charge in [-0.3, -0.25) is 9.59 Å². The Morgan fingerprint density at radius 1 is 1.00 bits per heavy atom. The van der Waals surface area contributed by atoms with Crippen LogP contribution in [0.5, 0.6) is 0 Å². The average molecular weight is 342 g/mol. The van der Waals surface area contributed by atoms with E-state index in [0.29, 0.717) is 4.88 Å². The number of nitrogens with zero attached hydrogens (tertiary/aromatic N) is 1. The SMILES string of the molecule is O=C(CCC(=O)c1cccs1)Nc1ccc(-c2nccs2)cc1. The van der Waals surface area contributed by atoms with Crippen molar-refractivity contribution in [2.24, 2.45) is 0 Å². The predicted molar refractivity (Wildman–Crippen MR) is 94.1 cm³/mol. The van der Waals surface area contributed by atoms with Gasteiger partial charge in [-0.15, -0.1) is 22.7 Å². The summed E-state index contributed by atoms with van der Waals surface area (Å²) in [6, 6.07) is 11.1. The second-order valence-electron chi connectivity index (χ2n) is 4.86. The van der Waals surface area contributed by atoms with Crippen LogP contribution < -0.4 is 5.32 Å². The molecular formula is C17H14N2O2S2. The van der Waals surface area contributed by atoms with Gasteiger partial charge in [0.25, 0.3) is 0 Å². The first-order valence-electron chi connectivity index (χ1n) is 7.09. The zero-order chi connectivity index (χ0) is 16.1. The van der Waals surface area contributed by atoms with E-state index in [-0.39, 0.29) is 24.5 Å². The number of hydrogen-bond donors (Lipinski definition) is 1. The number of anilines is 1. The van der Waals surface area contributed by atoms with Crippen molar-refractivity contribution in [3.05, 3.63) is 58.2 Å². The van der Waals surface area contributed by atoms with Crippen molar-refractivity contribution in [1.82, 2.24) is 4.98 Å². The number of ketones is 1. The highest BCUT2D eigenvalue weighted by atomic mass is 32.1. The van der Waals surface area contributed by atoms with E-state index in [1.807, 2.05) is 41.1 Å². The Morgan fingerprint density at radius 3 is 2.48 bits per heavy atom. The molecule has 4 nitrogen and oxygen atoms in total. The van der Waals surface area contributed by atoms with Crippen molar-refractivity contribution >= 4 is 40.1 Å². The number of thiophene rings is 1. The van der Waals surface area contributed by atoms with E-state index < -0.39 is 0 Å². The summed E-state index contributed by atoms with van der Waals surface area (Å²) in [5.41, 5.74) is 1.74. The van der Waals surface area contributed by atoms with Crippen molar-refractivity contribution in [1.29, 1.82) is 0 Å². The maximum atomic E-state index is 11.9. The van der Waals surface area contributed by atoms with Crippen molar-refractivity contribution in [2.45, 2.75) is 12.8 Å². The number of carbonyl (C=O) groups is 2. The van der Waals surface area contributed by atoms with Crippen molar-refractivity contribution < 1.29 is 9.59 Å². The molecule has 0 unspecified atom stereocenters. The van der Waals surface area contributed by atoms with Gasteiger partial charge >= 0.3 is 0 Å². The largest absolute Gasteiger partial charge is 0.326 e. The molecule has 3 aromatic rings. The van der Waals surface area contributed by atoms with E-state index in [0.717, 1.165) is 16.3 Å². The maximum absolute atomic E-state index is 11.9. The van der Waals surface area contributed by atoms with Gasteiger partial charge in [0.15, 0.2) is 5.78 Å². The number of hydrogen-bond acceptors (Lipinski definition) is 5. The number of nitrogens with one attached hydrogen (secondary N) is 1. The van der Waals surface area contributed by atoms with Gasteiger partial charge in [-0.1, -0.05) is 6.07 Å². The van der Waals surface area contributed by atoms with Gasteiger partial charge in [0.2, 0.25) is 5.91 Å². The fraction of sp³-hybridized carbons (Fsp3) is 0.118. The summed E-state index contributed by atoms with van der Waals surface area (Å²) < 4.78 is 0. The number of Topliss-reactive ketones (excluding diaryl/α,β-unsaturated/α-hetero) is 1. The third kappa shape index (κ3) is 4.12. The molecule has 0 spiro atoms. The van der Waals surface area contributed by atoms with Crippen molar-refractivity contribution in [3.8, 4) is 10.6 Å². The van der Waals surface area contributed by atoms with Crippen LogP contribution in [0.1, 0.15) is 22.5 Å². The van der Waals surface area contributed by atoms with Crippen LogP contribution in [0.4, 0.5) is 5.69 Å². The van der Waals surface area contributed by atoms with Gasteiger partial charge < -0.3 is 5.32 Å². The molecule has 0 atom stereocenters. The zero-order valence-corrected chi connectivity index (χ0v) is 13.8. The summed E-state index contributed by atoms with van der Waals surface area (Å²) in [6.45, 7) is 0. The molecular weight excluding hydrogens is 328 g/mol. The lowest BCUT2D eigenvalue weighted by Crippen LogP contribution is -2.13. The van der Waals surface area contributed by atoms with Gasteiger partial charge in [-0.05, 0) is 35.7 Å². The van der Waals surface area contributed by atoms with Gasteiger partial charge in [0, 0.05) is 35.7 Å². The summed E-state index contributed by atoms with van der Waals surface area (Å²) in [6.07, 6.45) is 2.18. The Morgan fingerprint density at radius 2 is 1.83 bits per heavy atom. The summed E-state index contributed by atoms with van der Waals surface area (Å²) >= 11 is 2.97. The summed E-state index contributed by atoms with van der Waals surface area (Å²) in [5.74, 6) is -0.147. The second-order valence-corrected chi connectivity index (χ2v) is 6.71. The lowest BCUT2D eigenvalue weighted by molar-refractivity contribution is -0.116. The van der Waals surface area contributed by atoms with Crippen LogP contribution in [0.2, 0.25) is 0 Å². The number of benzene rings is 1. The van der Waals surface area contributed by atoms with Crippen LogP contribution in [-0.2, 0) is 4.79 Å². The molecule has 1 aromatic carbocycles. The third-order valence-corrected chi connectivity index (χ3v) is 4.96. The van der Waals surface area contributed by atoms with Gasteiger partial charge in [-0.25, -0.2) is 4.98 Å². The van der Waals surface area contributed by atoms with Crippen molar-refractivity contribution in [2.75, 3.05) is 5.32 Å². The number of amides is 1. The molecule has 0 aliphatic heterocycles. The van der Waals surface area contributed by atoms with E-state index in [2.05, 4.69) is 10.3 Å². The lowest BCUT2D eigenvalue weighted by atomic mass is 10.1. The Labute approximate surface area is 141 Å². The van der Waals surface area contributed by atoms with E-state index in [1.54, 1.807) is 23.6 Å². The molecule has 1 amide bonds. The number of thiazole rings is 1. The van der Waals surface area contributed by atoms with Crippen LogP contribution in [0.25, 0.3) is 10.6 Å². The molecule has 0 aliphatic rings. The molecule has 0 radical (unpaired) electrons. The molecule has 6 heteroatoms. The summed E-state index contributed by atoms with van der Waals surface area (Å²) in [7, 11) is 0. The van der Waals surface area contributed by atoms with E-state index in [1.165, 1.54) is 11.3 Å². The average Bonchev–Trinajstić information content (AvgIpc) is 3.26. The number of rotatable bonds is 6. The van der Waals surface area contributed by atoms with Crippen LogP contribution in [0.15, 0.2) is 53.4 Å². The first-order valence-corrected chi connectivity index (χ1v) is 8.85. The molecule has 1 N–H and O–H groups in total. The normalized spacial score (nSPS) is 10.4. The van der Waals surface area contributed by atoms with E-state index in [9.17, 15) is 9.59 Å². The zero-order valence-electron chi connectivity index (χ0n) is 12.2. The van der Waals surface area contributed by atoms with Crippen LogP contribution in [-0.4, -0.2) is 16.7 Å². The monoisotopic (exact) mass is 342 g/mol. The van der Waals surface area contributed by atoms with Gasteiger partial charge in [0.1, 0.15) is 5.01 Å². The molecule has 0 aliphatic carbocycles. The van der Waals surface area contributed by atoms with Crippen LogP contribution in [0, 0.1) is 0 Å². The fourth-order valence-electron chi connectivity index (χ4n) is 2.07. The smallest absolute Gasteiger partial charge is 0.224 e. The predicted octanol–water partition coefficient (Wildman–Crippen LogP) is 4.47. The first-order chi connectivity index (χ1) is 11.2. The molecule has 0 saturated heterocycles. The Bertz CT molecular complexity index is 779. The fourth-order valence-corrected chi connectivity index (χ4v) is 3.41. The number of aromatic nitrogens is 1. The first kappa shape index (κ1) is 15.6. The van der Waals surface area contributed by atoms with Crippen molar-refractivity contribution in [3.63, 3.8) is 0 Å². The standard InChI is InChI=1S/C17H14N2O2S2/c20-14(15-2-1-10-22-15)7-8-16(21)19-13-5-3-12(4-6-13)17-18-9-11-23-17/h1-6,9-11H,7-8H2,(H,19,21). The molecule has 0 bridgehead atoms. The minimum Gasteiger partial charge on any atom is -0.326 e. The summed E-state index contributed by atoms with van der Waals surface area (Å²) in [4.78, 5) is 28.7. The van der Waals surface area contributed by atoms with Gasteiger partial charge in [-0.2, -0.15) is 0 Å². The lowest BCUT2D eigenvalue weighted by Gasteiger charge is -2.05.